The van der Waals surface area contributed by atoms with Crippen molar-refractivity contribution in [3.8, 4) is 0 Å². The number of nitrogens with one attached hydrogen (secondary N) is 1. The molecular formula is C24H19NO6. The summed E-state index contributed by atoms with van der Waals surface area (Å²) in [5.41, 5.74) is 2.92. The molecule has 1 unspecified atom stereocenters. The molecule has 2 aromatic carbocycles. The molecule has 2 aliphatic rings. The van der Waals surface area contributed by atoms with Gasteiger partial charge in [-0.1, -0.05) is 24.3 Å². The molecule has 2 aliphatic heterocycles. The molecular weight excluding hydrogens is 398 g/mol. The molecule has 1 aromatic heterocycles. The number of carbonyl (C=O) groups is 2. The molecule has 1 atom stereocenters. The number of carbonyl (C=O) groups excluding carboxylic acids is 2. The predicted molar refractivity (Wildman–Crippen MR) is 113 cm³/mol. The molecule has 0 bridgehead atoms. The first kappa shape index (κ1) is 19.1. The molecule has 3 aromatic rings. The van der Waals surface area contributed by atoms with Crippen LogP contribution in [0.5, 0.6) is 0 Å². The molecule has 0 fully saturated rings. The maximum atomic E-state index is 13.1. The number of hydrogen-bond acceptors (Lipinski definition) is 7. The van der Waals surface area contributed by atoms with E-state index in [4.69, 9.17) is 13.9 Å². The van der Waals surface area contributed by atoms with Crippen molar-refractivity contribution in [1.82, 2.24) is 5.32 Å². The van der Waals surface area contributed by atoms with Crippen LogP contribution >= 0.6 is 0 Å². The van der Waals surface area contributed by atoms with Crippen LogP contribution < -0.4 is 10.7 Å². The maximum absolute atomic E-state index is 13.1. The second kappa shape index (κ2) is 7.12. The zero-order chi connectivity index (χ0) is 21.7. The Labute approximate surface area is 176 Å². The Hall–Kier alpha value is -3.87. The molecule has 31 heavy (non-hydrogen) atoms. The van der Waals surface area contributed by atoms with Gasteiger partial charge in [-0.05, 0) is 32.0 Å². The fraction of sp³-hybridized carbons (Fsp3) is 0.208. The molecule has 0 saturated carbocycles. The van der Waals surface area contributed by atoms with E-state index in [1.165, 1.54) is 0 Å². The number of dihydropyridines is 1. The molecule has 7 nitrogen and oxygen atoms in total. The average molecular weight is 417 g/mol. The molecule has 0 aliphatic carbocycles. The fourth-order valence-corrected chi connectivity index (χ4v) is 4.33. The number of cyclic esters (lactones) is 1. The number of hydrogen-bond donors (Lipinski definition) is 1. The number of benzene rings is 2. The van der Waals surface area contributed by atoms with Crippen molar-refractivity contribution < 1.29 is 23.5 Å². The van der Waals surface area contributed by atoms with Gasteiger partial charge in [0.1, 0.15) is 17.8 Å². The first-order valence-corrected chi connectivity index (χ1v) is 10.0. The lowest BCUT2D eigenvalue weighted by Gasteiger charge is -2.27. The summed E-state index contributed by atoms with van der Waals surface area (Å²) in [7, 11) is 0. The molecule has 0 radical (unpaired) electrons. The number of ether oxygens (including phenoxy) is 2. The zero-order valence-corrected chi connectivity index (χ0v) is 17.0. The average Bonchev–Trinajstić information content (AvgIpc) is 3.13. The summed E-state index contributed by atoms with van der Waals surface area (Å²) in [6, 6.07) is 12.2. The second-order valence-electron chi connectivity index (χ2n) is 7.44. The molecule has 1 N–H and O–H groups in total. The van der Waals surface area contributed by atoms with Crippen LogP contribution in [0.4, 0.5) is 0 Å². The number of esters is 2. The molecule has 5 rings (SSSR count). The maximum Gasteiger partial charge on any atom is 0.337 e. The van der Waals surface area contributed by atoms with Gasteiger partial charge in [0.05, 0.1) is 40.1 Å². The Balaban J connectivity index is 1.83. The van der Waals surface area contributed by atoms with Crippen molar-refractivity contribution in [2.75, 3.05) is 13.2 Å². The highest BCUT2D eigenvalue weighted by Crippen LogP contribution is 2.43. The summed E-state index contributed by atoms with van der Waals surface area (Å²) in [6.07, 6.45) is 0. The Morgan fingerprint density at radius 2 is 1.90 bits per heavy atom. The molecule has 3 heterocycles. The van der Waals surface area contributed by atoms with Gasteiger partial charge >= 0.3 is 11.9 Å². The Bertz CT molecular complexity index is 1390. The van der Waals surface area contributed by atoms with Crippen LogP contribution in [0, 0.1) is 0 Å². The van der Waals surface area contributed by atoms with Crippen molar-refractivity contribution in [2.45, 2.75) is 19.8 Å². The lowest BCUT2D eigenvalue weighted by molar-refractivity contribution is -0.138. The van der Waals surface area contributed by atoms with Gasteiger partial charge in [0.15, 0.2) is 0 Å². The van der Waals surface area contributed by atoms with Gasteiger partial charge in [-0.3, -0.25) is 4.79 Å². The highest BCUT2D eigenvalue weighted by atomic mass is 16.5. The largest absolute Gasteiger partial charge is 0.463 e. The topological polar surface area (TPSA) is 94.8 Å². The van der Waals surface area contributed by atoms with Crippen LogP contribution in [0.25, 0.3) is 21.9 Å². The van der Waals surface area contributed by atoms with Gasteiger partial charge in [0, 0.05) is 11.3 Å². The monoisotopic (exact) mass is 417 g/mol. The minimum Gasteiger partial charge on any atom is -0.463 e. The lowest BCUT2D eigenvalue weighted by atomic mass is 9.80. The normalized spacial score (nSPS) is 18.3. The van der Waals surface area contributed by atoms with E-state index in [-0.39, 0.29) is 18.6 Å². The van der Waals surface area contributed by atoms with E-state index in [2.05, 4.69) is 5.32 Å². The zero-order valence-electron chi connectivity index (χ0n) is 17.0. The Kier molecular flexibility index (Phi) is 4.39. The minimum absolute atomic E-state index is 0.0930. The van der Waals surface area contributed by atoms with Crippen LogP contribution in [0.3, 0.4) is 0 Å². The van der Waals surface area contributed by atoms with E-state index in [0.717, 1.165) is 0 Å². The van der Waals surface area contributed by atoms with Crippen LogP contribution in [0.15, 0.2) is 74.2 Å². The van der Waals surface area contributed by atoms with Gasteiger partial charge in [-0.2, -0.15) is 0 Å². The van der Waals surface area contributed by atoms with Crippen molar-refractivity contribution in [2.24, 2.45) is 0 Å². The van der Waals surface area contributed by atoms with E-state index in [9.17, 15) is 14.4 Å². The van der Waals surface area contributed by atoms with Gasteiger partial charge in [0.2, 0.25) is 5.43 Å². The third-order valence-corrected chi connectivity index (χ3v) is 5.65. The highest BCUT2D eigenvalue weighted by molar-refractivity contribution is 6.03. The van der Waals surface area contributed by atoms with Gasteiger partial charge in [0.25, 0.3) is 0 Å². The third-order valence-electron chi connectivity index (χ3n) is 5.65. The molecule has 0 amide bonds. The Morgan fingerprint density at radius 3 is 2.71 bits per heavy atom. The van der Waals surface area contributed by atoms with Crippen LogP contribution in [-0.4, -0.2) is 25.2 Å². The standard InChI is InChI=1S/C24H19NO6/c1-3-29-23(27)18-12(2)25-16-11-30-24(28)20(16)19(18)14-8-6-9-15-21(26)13-7-4-5-10-17(13)31-22(14)15/h4-10,19,25H,3,11H2,1-2H3. The fourth-order valence-electron chi connectivity index (χ4n) is 4.33. The van der Waals surface area contributed by atoms with Crippen molar-refractivity contribution in [1.29, 1.82) is 0 Å². The quantitative estimate of drug-likeness (QED) is 0.516. The van der Waals surface area contributed by atoms with E-state index >= 15 is 0 Å². The summed E-state index contributed by atoms with van der Waals surface area (Å²) in [4.78, 5) is 38.7. The van der Waals surface area contributed by atoms with E-state index in [0.29, 0.717) is 50.0 Å². The lowest BCUT2D eigenvalue weighted by Crippen LogP contribution is -2.30. The minimum atomic E-state index is -0.779. The van der Waals surface area contributed by atoms with E-state index in [1.54, 1.807) is 56.3 Å². The summed E-state index contributed by atoms with van der Waals surface area (Å²) in [6.45, 7) is 3.75. The number of allylic oxidation sites excluding steroid dienone is 1. The smallest absolute Gasteiger partial charge is 0.337 e. The predicted octanol–water partition coefficient (Wildman–Crippen LogP) is 3.28. The Morgan fingerprint density at radius 1 is 1.13 bits per heavy atom. The van der Waals surface area contributed by atoms with Gasteiger partial charge in [-0.15, -0.1) is 0 Å². The summed E-state index contributed by atoms with van der Waals surface area (Å²) >= 11 is 0. The van der Waals surface area contributed by atoms with Crippen LogP contribution in [0.2, 0.25) is 0 Å². The SMILES string of the molecule is CCOC(=O)C1=C(C)NC2=C(C(=O)OC2)C1c1cccc2c(=O)c3ccccc3oc12. The summed E-state index contributed by atoms with van der Waals surface area (Å²) in [5, 5.41) is 3.95. The van der Waals surface area contributed by atoms with Crippen LogP contribution in [-0.2, 0) is 19.1 Å². The summed E-state index contributed by atoms with van der Waals surface area (Å²) in [5.74, 6) is -1.83. The summed E-state index contributed by atoms with van der Waals surface area (Å²) < 4.78 is 16.7. The van der Waals surface area contributed by atoms with Crippen molar-refractivity contribution in [3.63, 3.8) is 0 Å². The molecule has 0 spiro atoms. The van der Waals surface area contributed by atoms with Gasteiger partial charge in [-0.25, -0.2) is 9.59 Å². The second-order valence-corrected chi connectivity index (χ2v) is 7.44. The third kappa shape index (κ3) is 2.84. The number of rotatable bonds is 3. The molecule has 7 heteroatoms. The first-order chi connectivity index (χ1) is 15.0. The van der Waals surface area contributed by atoms with E-state index in [1.807, 2.05) is 0 Å². The van der Waals surface area contributed by atoms with Gasteiger partial charge < -0.3 is 19.2 Å². The molecule has 0 saturated heterocycles. The number of fused-ring (bicyclic) bond motifs is 2. The number of para-hydroxylation sites is 2. The first-order valence-electron chi connectivity index (χ1n) is 10.0. The van der Waals surface area contributed by atoms with Crippen molar-refractivity contribution in [3.05, 3.63) is 80.8 Å². The van der Waals surface area contributed by atoms with Crippen LogP contribution in [0.1, 0.15) is 25.3 Å². The molecule has 156 valence electrons. The van der Waals surface area contributed by atoms with E-state index < -0.39 is 17.9 Å². The van der Waals surface area contributed by atoms with Crippen molar-refractivity contribution >= 4 is 33.9 Å². The highest BCUT2D eigenvalue weighted by Gasteiger charge is 2.43.